The summed E-state index contributed by atoms with van der Waals surface area (Å²) < 4.78 is 6.12. The summed E-state index contributed by atoms with van der Waals surface area (Å²) in [4.78, 5) is 0. The van der Waals surface area contributed by atoms with E-state index < -0.39 is 0 Å². The number of para-hydroxylation sites is 1. The van der Waals surface area contributed by atoms with Crippen LogP contribution in [-0.4, -0.2) is 16.1 Å². The van der Waals surface area contributed by atoms with E-state index in [1.54, 1.807) is 0 Å². The van der Waals surface area contributed by atoms with Gasteiger partial charge in [-0.05, 0) is 30.0 Å². The fraction of sp³-hybridized carbons (Fsp3) is 0.667. The molecule has 1 rings (SSSR count). The molecular weight excluding hydrogens is 260 g/mol. The van der Waals surface area contributed by atoms with Crippen LogP contribution in [0.3, 0.4) is 0 Å². The monoisotopic (exact) mass is 290 g/mol. The largest absolute Gasteiger partial charge is 0.493 e. The summed E-state index contributed by atoms with van der Waals surface area (Å²) in [7, 11) is 1.03. The van der Waals surface area contributed by atoms with Crippen molar-refractivity contribution in [2.75, 3.05) is 6.61 Å². The number of unbranched alkanes of at least 4 members (excludes halogenated alkanes) is 1. The van der Waals surface area contributed by atoms with Crippen LogP contribution in [-0.2, 0) is 6.04 Å². The van der Waals surface area contributed by atoms with E-state index in [1.165, 1.54) is 49.8 Å². The van der Waals surface area contributed by atoms with Gasteiger partial charge in [0, 0.05) is 9.52 Å². The molecule has 2 radical (unpaired) electrons. The zero-order chi connectivity index (χ0) is 14.6. The van der Waals surface area contributed by atoms with Crippen molar-refractivity contribution in [3.63, 3.8) is 0 Å². The molecule has 0 aliphatic heterocycles. The van der Waals surface area contributed by atoms with Crippen molar-refractivity contribution < 1.29 is 4.74 Å². The molecule has 0 bridgehead atoms. The molecule has 0 heterocycles. The number of rotatable bonds is 11. The molecule has 0 saturated heterocycles. The summed E-state index contributed by atoms with van der Waals surface area (Å²) >= 11 is 0. The number of benzene rings is 1. The van der Waals surface area contributed by atoms with Crippen LogP contribution in [0, 0.1) is 5.92 Å². The molecular formula is C18H30OSi. The third-order valence-electron chi connectivity index (χ3n) is 3.73. The lowest BCUT2D eigenvalue weighted by Gasteiger charge is -2.17. The third kappa shape index (κ3) is 6.60. The highest BCUT2D eigenvalue weighted by Crippen LogP contribution is 2.21. The smallest absolute Gasteiger partial charge is 0.122 e. The summed E-state index contributed by atoms with van der Waals surface area (Å²) in [6, 6.07) is 11.1. The Kier molecular flexibility index (Phi) is 9.47. The quantitative estimate of drug-likeness (QED) is 0.396. The molecule has 1 atom stereocenters. The zero-order valence-electron chi connectivity index (χ0n) is 13.5. The van der Waals surface area contributed by atoms with Crippen LogP contribution in [0.4, 0.5) is 0 Å². The predicted molar refractivity (Wildman–Crippen MR) is 89.8 cm³/mol. The average Bonchev–Trinajstić information content (AvgIpc) is 2.49. The van der Waals surface area contributed by atoms with Crippen molar-refractivity contribution in [2.45, 2.75) is 65.0 Å². The number of hydrogen-bond donors (Lipinski definition) is 0. The van der Waals surface area contributed by atoms with Crippen LogP contribution in [0.25, 0.3) is 0 Å². The van der Waals surface area contributed by atoms with Crippen LogP contribution < -0.4 is 4.74 Å². The molecule has 0 aliphatic carbocycles. The van der Waals surface area contributed by atoms with Crippen molar-refractivity contribution in [1.29, 1.82) is 0 Å². The molecule has 0 fully saturated rings. The number of hydrogen-bond acceptors (Lipinski definition) is 1. The second-order valence-electron chi connectivity index (χ2n) is 5.51. The van der Waals surface area contributed by atoms with Crippen LogP contribution in [0.15, 0.2) is 24.3 Å². The first-order chi connectivity index (χ1) is 9.81. The molecule has 0 saturated carbocycles. The van der Waals surface area contributed by atoms with Crippen LogP contribution in [0.1, 0.15) is 58.4 Å². The molecule has 2 heteroatoms. The van der Waals surface area contributed by atoms with Crippen molar-refractivity contribution >= 4 is 9.52 Å². The Balaban J connectivity index is 2.48. The van der Waals surface area contributed by atoms with E-state index in [1.807, 2.05) is 0 Å². The fourth-order valence-corrected chi connectivity index (χ4v) is 3.39. The average molecular weight is 291 g/mol. The lowest BCUT2D eigenvalue weighted by molar-refractivity contribution is 0.232. The Hall–Kier alpha value is -0.763. The normalized spacial score (nSPS) is 12.3. The predicted octanol–water partition coefficient (Wildman–Crippen LogP) is 5.31. The van der Waals surface area contributed by atoms with Crippen LogP contribution in [0.5, 0.6) is 5.75 Å². The lowest BCUT2D eigenvalue weighted by atomic mass is 10.0. The van der Waals surface area contributed by atoms with Gasteiger partial charge in [0.1, 0.15) is 5.75 Å². The van der Waals surface area contributed by atoms with E-state index in [0.29, 0.717) is 5.92 Å². The fourth-order valence-electron chi connectivity index (χ4n) is 2.30. The Morgan fingerprint density at radius 3 is 2.60 bits per heavy atom. The maximum absolute atomic E-state index is 6.12. The second kappa shape index (κ2) is 11.0. The second-order valence-corrected chi connectivity index (χ2v) is 6.87. The van der Waals surface area contributed by atoms with Crippen molar-refractivity contribution in [2.24, 2.45) is 5.92 Å². The Morgan fingerprint density at radius 1 is 1.10 bits per heavy atom. The zero-order valence-corrected chi connectivity index (χ0v) is 14.5. The summed E-state index contributed by atoms with van der Waals surface area (Å²) in [6.45, 7) is 7.68. The van der Waals surface area contributed by atoms with E-state index in [4.69, 9.17) is 4.74 Å². The third-order valence-corrected chi connectivity index (χ3v) is 5.22. The molecule has 0 aliphatic rings. The van der Waals surface area contributed by atoms with Crippen LogP contribution >= 0.6 is 0 Å². The minimum atomic E-state index is 0.709. The molecule has 20 heavy (non-hydrogen) atoms. The standard InChI is InChI=1S/C18H30OSi/c1-4-7-10-16(6-3)14-19-18-12-9-8-11-17(18)15-20-13-5-2/h8-9,11-12,16H,4-7,10,13-15H2,1-3H3. The molecule has 0 N–H and O–H groups in total. The number of ether oxygens (including phenoxy) is 1. The maximum Gasteiger partial charge on any atom is 0.122 e. The molecule has 112 valence electrons. The van der Waals surface area contributed by atoms with E-state index in [-0.39, 0.29) is 0 Å². The van der Waals surface area contributed by atoms with Gasteiger partial charge in [-0.25, -0.2) is 0 Å². The highest BCUT2D eigenvalue weighted by molar-refractivity contribution is 6.34. The molecule has 1 aromatic carbocycles. The summed E-state index contributed by atoms with van der Waals surface area (Å²) in [6.07, 6.45) is 6.41. The molecule has 0 spiro atoms. The first kappa shape index (κ1) is 17.3. The maximum atomic E-state index is 6.12. The van der Waals surface area contributed by atoms with Gasteiger partial charge in [0.15, 0.2) is 0 Å². The van der Waals surface area contributed by atoms with Gasteiger partial charge in [0.25, 0.3) is 0 Å². The Morgan fingerprint density at radius 2 is 1.90 bits per heavy atom. The highest BCUT2D eigenvalue weighted by atomic mass is 28.2. The summed E-state index contributed by atoms with van der Waals surface area (Å²) in [5.74, 6) is 1.83. The van der Waals surface area contributed by atoms with Gasteiger partial charge in [0.2, 0.25) is 0 Å². The van der Waals surface area contributed by atoms with Gasteiger partial charge in [-0.3, -0.25) is 0 Å². The van der Waals surface area contributed by atoms with Crippen molar-refractivity contribution in [1.82, 2.24) is 0 Å². The van der Waals surface area contributed by atoms with Gasteiger partial charge < -0.3 is 4.74 Å². The van der Waals surface area contributed by atoms with Gasteiger partial charge in [0.05, 0.1) is 6.61 Å². The minimum absolute atomic E-state index is 0.709. The Labute approximate surface area is 127 Å². The molecule has 0 aromatic heterocycles. The SMILES string of the molecule is CCCCC(CC)COc1ccccc1C[Si]CCC. The van der Waals surface area contributed by atoms with E-state index in [0.717, 1.165) is 21.9 Å². The molecule has 1 unspecified atom stereocenters. The Bertz CT molecular complexity index is 351. The minimum Gasteiger partial charge on any atom is -0.493 e. The van der Waals surface area contributed by atoms with E-state index >= 15 is 0 Å². The molecule has 1 nitrogen and oxygen atoms in total. The topological polar surface area (TPSA) is 9.23 Å². The first-order valence-corrected chi connectivity index (χ1v) is 9.64. The van der Waals surface area contributed by atoms with Crippen LogP contribution in [0.2, 0.25) is 6.04 Å². The van der Waals surface area contributed by atoms with E-state index in [9.17, 15) is 0 Å². The van der Waals surface area contributed by atoms with Gasteiger partial charge in [-0.2, -0.15) is 0 Å². The molecule has 1 aromatic rings. The van der Waals surface area contributed by atoms with Gasteiger partial charge in [-0.1, -0.05) is 70.7 Å². The summed E-state index contributed by atoms with van der Waals surface area (Å²) in [5.41, 5.74) is 1.39. The first-order valence-electron chi connectivity index (χ1n) is 8.23. The lowest BCUT2D eigenvalue weighted by Crippen LogP contribution is -2.12. The van der Waals surface area contributed by atoms with Gasteiger partial charge >= 0.3 is 0 Å². The van der Waals surface area contributed by atoms with Crippen molar-refractivity contribution in [3.05, 3.63) is 29.8 Å². The molecule has 0 amide bonds. The van der Waals surface area contributed by atoms with Crippen molar-refractivity contribution in [3.8, 4) is 5.75 Å². The van der Waals surface area contributed by atoms with E-state index in [2.05, 4.69) is 45.0 Å². The highest BCUT2D eigenvalue weighted by Gasteiger charge is 2.09. The summed E-state index contributed by atoms with van der Waals surface area (Å²) in [5, 5.41) is 0. The van der Waals surface area contributed by atoms with Gasteiger partial charge in [-0.15, -0.1) is 0 Å².